The molecule has 0 unspecified atom stereocenters. The fraction of sp³-hybridized carbons (Fsp3) is 0.261. The predicted molar refractivity (Wildman–Crippen MR) is 129 cm³/mol. The van der Waals surface area contributed by atoms with Crippen molar-refractivity contribution < 1.29 is 9.59 Å². The van der Waals surface area contributed by atoms with Crippen molar-refractivity contribution in [3.05, 3.63) is 73.2 Å². The maximum absolute atomic E-state index is 12.6. The highest BCUT2D eigenvalue weighted by atomic mass is 79.9. The number of nitrogens with one attached hydrogen (secondary N) is 2. The first-order valence-corrected chi connectivity index (χ1v) is 11.9. The van der Waals surface area contributed by atoms with E-state index in [1.807, 2.05) is 38.1 Å². The Labute approximate surface area is 199 Å². The minimum atomic E-state index is -0.359. The lowest BCUT2D eigenvalue weighted by Gasteiger charge is -2.25. The highest BCUT2D eigenvalue weighted by molar-refractivity contribution is 9.10. The van der Waals surface area contributed by atoms with Crippen LogP contribution in [0, 0.1) is 18.3 Å². The molecule has 2 aromatic carbocycles. The van der Waals surface area contributed by atoms with Crippen LogP contribution in [0.5, 0.6) is 0 Å². The first-order chi connectivity index (χ1) is 14.8. The average molecular weight is 519 g/mol. The summed E-state index contributed by atoms with van der Waals surface area (Å²) in [6, 6.07) is 13.3. The molecule has 8 heteroatoms. The Bertz CT molecular complexity index is 1090. The molecule has 3 rings (SSSR count). The van der Waals surface area contributed by atoms with Gasteiger partial charge in [0, 0.05) is 27.5 Å². The second kappa shape index (κ2) is 10.4. The lowest BCUT2D eigenvalue weighted by molar-refractivity contribution is -0.121. The van der Waals surface area contributed by atoms with E-state index in [0.717, 1.165) is 45.0 Å². The van der Waals surface area contributed by atoms with E-state index in [0.29, 0.717) is 15.6 Å². The van der Waals surface area contributed by atoms with Crippen molar-refractivity contribution in [2.24, 2.45) is 0 Å². The molecule has 2 aromatic rings. The zero-order valence-corrected chi connectivity index (χ0v) is 20.2. The van der Waals surface area contributed by atoms with Crippen LogP contribution in [-0.4, -0.2) is 17.6 Å². The monoisotopic (exact) mass is 517 g/mol. The van der Waals surface area contributed by atoms with Crippen LogP contribution in [0.15, 0.2) is 51.5 Å². The van der Waals surface area contributed by atoms with Gasteiger partial charge in [-0.15, -0.1) is 0 Å². The molecule has 0 bridgehead atoms. The molecular weight excluding hydrogens is 498 g/mol. The molecule has 0 spiro atoms. The molecule has 0 radical (unpaired) electrons. The number of carbonyl (C=O) groups is 2. The number of amides is 2. The van der Waals surface area contributed by atoms with Gasteiger partial charge in [-0.05, 0) is 54.3 Å². The predicted octanol–water partition coefficient (Wildman–Crippen LogP) is 5.68. The Morgan fingerprint density at radius 1 is 1.35 bits per heavy atom. The molecule has 2 N–H and O–H groups in total. The molecule has 0 fully saturated rings. The van der Waals surface area contributed by atoms with Crippen molar-refractivity contribution >= 4 is 56.8 Å². The minimum Gasteiger partial charge on any atom is -0.325 e. The molecule has 5 nitrogen and oxygen atoms in total. The molecule has 0 saturated carbocycles. The molecule has 1 heterocycles. The Hall–Kier alpha value is -2.27. The SMILES string of the molecule is CCc1cc(Br)cc(C)c1NC(=O)CSC1=C(C#N)[C@@H](c2ccc(Cl)cc2)CC(=O)N1. The third-order valence-electron chi connectivity index (χ3n) is 5.00. The maximum Gasteiger partial charge on any atom is 0.234 e. The highest BCUT2D eigenvalue weighted by Crippen LogP contribution is 2.36. The third kappa shape index (κ3) is 5.70. The van der Waals surface area contributed by atoms with E-state index in [2.05, 4.69) is 32.6 Å². The summed E-state index contributed by atoms with van der Waals surface area (Å²) in [7, 11) is 0. The van der Waals surface area contributed by atoms with Crippen LogP contribution in [0.4, 0.5) is 5.69 Å². The first-order valence-electron chi connectivity index (χ1n) is 9.73. The van der Waals surface area contributed by atoms with Gasteiger partial charge in [-0.25, -0.2) is 0 Å². The molecule has 0 saturated heterocycles. The molecule has 160 valence electrons. The summed E-state index contributed by atoms with van der Waals surface area (Å²) in [5.74, 6) is -0.661. The topological polar surface area (TPSA) is 82.0 Å². The average Bonchev–Trinajstić information content (AvgIpc) is 2.74. The fourth-order valence-electron chi connectivity index (χ4n) is 3.50. The number of halogens is 2. The Morgan fingerprint density at radius 2 is 2.06 bits per heavy atom. The minimum absolute atomic E-state index is 0.0762. The van der Waals surface area contributed by atoms with E-state index < -0.39 is 0 Å². The number of carbonyl (C=O) groups excluding carboxylic acids is 2. The van der Waals surface area contributed by atoms with E-state index in [9.17, 15) is 14.9 Å². The smallest absolute Gasteiger partial charge is 0.234 e. The van der Waals surface area contributed by atoms with Crippen LogP contribution in [0.25, 0.3) is 0 Å². The van der Waals surface area contributed by atoms with Crippen LogP contribution in [-0.2, 0) is 16.0 Å². The van der Waals surface area contributed by atoms with Crippen molar-refractivity contribution in [3.8, 4) is 6.07 Å². The normalized spacial score (nSPS) is 16.0. The molecule has 1 atom stereocenters. The first kappa shape index (κ1) is 23.4. The Balaban J connectivity index is 1.78. The number of aryl methyl sites for hydroxylation is 2. The lowest BCUT2D eigenvalue weighted by atomic mass is 9.87. The quantitative estimate of drug-likeness (QED) is 0.515. The number of nitrogens with zero attached hydrogens (tertiary/aromatic N) is 1. The highest BCUT2D eigenvalue weighted by Gasteiger charge is 2.30. The van der Waals surface area contributed by atoms with Crippen LogP contribution < -0.4 is 10.6 Å². The van der Waals surface area contributed by atoms with Crippen molar-refractivity contribution in [2.45, 2.75) is 32.6 Å². The number of hydrogen-bond acceptors (Lipinski definition) is 4. The molecule has 0 aromatic heterocycles. The number of hydrogen-bond donors (Lipinski definition) is 2. The van der Waals surface area contributed by atoms with Gasteiger partial charge in [-0.3, -0.25) is 9.59 Å². The number of anilines is 1. The summed E-state index contributed by atoms with van der Waals surface area (Å²) in [5, 5.41) is 16.5. The fourth-order valence-corrected chi connectivity index (χ4v) is 5.12. The van der Waals surface area contributed by atoms with Crippen molar-refractivity contribution in [2.75, 3.05) is 11.1 Å². The van der Waals surface area contributed by atoms with Crippen molar-refractivity contribution in [3.63, 3.8) is 0 Å². The largest absolute Gasteiger partial charge is 0.325 e. The Morgan fingerprint density at radius 3 is 2.71 bits per heavy atom. The van der Waals surface area contributed by atoms with Gasteiger partial charge in [0.05, 0.1) is 22.4 Å². The summed E-state index contributed by atoms with van der Waals surface area (Å²) in [6.45, 7) is 3.98. The summed E-state index contributed by atoms with van der Waals surface area (Å²) in [4.78, 5) is 24.9. The molecule has 2 amide bonds. The van der Waals surface area contributed by atoms with E-state index in [1.54, 1.807) is 12.1 Å². The van der Waals surface area contributed by atoms with Crippen LogP contribution in [0.1, 0.15) is 36.0 Å². The summed E-state index contributed by atoms with van der Waals surface area (Å²) in [6.07, 6.45) is 0.963. The molecular formula is C23H21BrClN3O2S. The second-order valence-electron chi connectivity index (χ2n) is 7.16. The van der Waals surface area contributed by atoms with Crippen LogP contribution in [0.2, 0.25) is 5.02 Å². The van der Waals surface area contributed by atoms with Gasteiger partial charge >= 0.3 is 0 Å². The van der Waals surface area contributed by atoms with Gasteiger partial charge < -0.3 is 10.6 Å². The molecule has 0 aliphatic carbocycles. The zero-order chi connectivity index (χ0) is 22.5. The Kier molecular flexibility index (Phi) is 7.82. The van der Waals surface area contributed by atoms with E-state index in [4.69, 9.17) is 11.6 Å². The standard InChI is InChI=1S/C23H21BrClN3O2S/c1-3-14-9-16(24)8-13(2)22(14)27-21(30)12-31-23-19(11-26)18(10-20(29)28-23)15-4-6-17(25)7-5-15/h4-9,18H,3,10,12H2,1-2H3,(H,27,30)(H,28,29)/t18-/m1/s1. The van der Waals surface area contributed by atoms with Crippen molar-refractivity contribution in [1.29, 1.82) is 5.26 Å². The van der Waals surface area contributed by atoms with Crippen LogP contribution in [0.3, 0.4) is 0 Å². The van der Waals surface area contributed by atoms with Gasteiger partial charge in [0.1, 0.15) is 0 Å². The number of benzene rings is 2. The lowest BCUT2D eigenvalue weighted by Crippen LogP contribution is -2.31. The van der Waals surface area contributed by atoms with Gasteiger partial charge in [0.25, 0.3) is 0 Å². The maximum atomic E-state index is 12.6. The van der Waals surface area contributed by atoms with Crippen molar-refractivity contribution in [1.82, 2.24) is 5.32 Å². The van der Waals surface area contributed by atoms with Gasteiger partial charge in [0.15, 0.2) is 0 Å². The van der Waals surface area contributed by atoms with E-state index in [1.165, 1.54) is 0 Å². The second-order valence-corrected chi connectivity index (χ2v) is 9.50. The number of rotatable bonds is 6. The molecule has 31 heavy (non-hydrogen) atoms. The molecule has 1 aliphatic heterocycles. The summed E-state index contributed by atoms with van der Waals surface area (Å²) in [5.41, 5.74) is 4.11. The van der Waals surface area contributed by atoms with Crippen LogP contribution >= 0.6 is 39.3 Å². The number of allylic oxidation sites excluding steroid dienone is 1. The van der Waals surface area contributed by atoms with Gasteiger partial charge in [-0.2, -0.15) is 5.26 Å². The molecule has 1 aliphatic rings. The summed E-state index contributed by atoms with van der Waals surface area (Å²) >= 11 is 10.6. The van der Waals surface area contributed by atoms with Gasteiger partial charge in [-0.1, -0.05) is 58.3 Å². The van der Waals surface area contributed by atoms with E-state index in [-0.39, 0.29) is 29.9 Å². The summed E-state index contributed by atoms with van der Waals surface area (Å²) < 4.78 is 0.969. The number of nitriles is 1. The zero-order valence-electron chi connectivity index (χ0n) is 17.1. The van der Waals surface area contributed by atoms with E-state index >= 15 is 0 Å². The number of thioether (sulfide) groups is 1. The van der Waals surface area contributed by atoms with Gasteiger partial charge in [0.2, 0.25) is 11.8 Å². The third-order valence-corrected chi connectivity index (χ3v) is 6.73.